The number of hydrogen-bond donors (Lipinski definition) is 1. The fraction of sp³-hybridized carbons (Fsp3) is 0.167. The first-order valence-corrected chi connectivity index (χ1v) is 9.52. The fourth-order valence-corrected chi connectivity index (χ4v) is 4.04. The number of rotatable bonds is 3. The minimum Gasteiger partial charge on any atom is -0.411 e. The van der Waals surface area contributed by atoms with Crippen LogP contribution in [-0.4, -0.2) is 21.4 Å². The fourth-order valence-electron chi connectivity index (χ4n) is 2.73. The van der Waals surface area contributed by atoms with Gasteiger partial charge in [-0.2, -0.15) is 0 Å². The number of thioether (sulfide) groups is 1. The van der Waals surface area contributed by atoms with Gasteiger partial charge >= 0.3 is 0 Å². The molecule has 1 amide bonds. The van der Waals surface area contributed by atoms with Crippen molar-refractivity contribution in [1.29, 1.82) is 0 Å². The molecule has 0 fully saturated rings. The predicted octanol–water partition coefficient (Wildman–Crippen LogP) is 4.54. The van der Waals surface area contributed by atoms with E-state index in [1.54, 1.807) is 0 Å². The summed E-state index contributed by atoms with van der Waals surface area (Å²) in [6.45, 7) is 0. The molecule has 4 rings (SSSR count). The maximum Gasteiger partial charge on any atom is 0.277 e. The molecule has 1 aliphatic rings. The first-order valence-electron chi connectivity index (χ1n) is 7.84. The van der Waals surface area contributed by atoms with Crippen molar-refractivity contribution in [2.24, 2.45) is 0 Å². The smallest absolute Gasteiger partial charge is 0.277 e. The van der Waals surface area contributed by atoms with E-state index in [1.165, 1.54) is 11.8 Å². The van der Waals surface area contributed by atoms with Crippen LogP contribution in [0.2, 0.25) is 0 Å². The summed E-state index contributed by atoms with van der Waals surface area (Å²) in [7, 11) is 0. The van der Waals surface area contributed by atoms with Crippen molar-refractivity contribution >= 4 is 39.3 Å². The van der Waals surface area contributed by atoms with Crippen LogP contribution in [0.4, 0.5) is 5.69 Å². The number of para-hydroxylation sites is 1. The number of carbonyl (C=O) groups excluding carboxylic acids is 1. The summed E-state index contributed by atoms with van der Waals surface area (Å²) < 4.78 is 6.64. The number of carbonyl (C=O) groups is 1. The molecule has 5 nitrogen and oxygen atoms in total. The number of nitrogens with zero attached hydrogens (tertiary/aromatic N) is 2. The van der Waals surface area contributed by atoms with Crippen LogP contribution >= 0.6 is 27.7 Å². The lowest BCUT2D eigenvalue weighted by atomic mass is 10.1. The Labute approximate surface area is 157 Å². The summed E-state index contributed by atoms with van der Waals surface area (Å²) in [6.07, 6.45) is 1.55. The van der Waals surface area contributed by atoms with Crippen molar-refractivity contribution in [3.8, 4) is 11.5 Å². The first-order chi connectivity index (χ1) is 12.2. The summed E-state index contributed by atoms with van der Waals surface area (Å²) in [6, 6.07) is 15.5. The SMILES string of the molecule is O=C1Nc2ccccc2CC[C@H]1Sc1nnc(-c2ccccc2Br)o1. The molecule has 1 atom stereocenters. The van der Waals surface area contributed by atoms with E-state index >= 15 is 0 Å². The molecule has 0 aliphatic carbocycles. The average Bonchev–Trinajstić information content (AvgIpc) is 3.01. The monoisotopic (exact) mass is 415 g/mol. The number of hydrogen-bond acceptors (Lipinski definition) is 5. The Bertz CT molecular complexity index is 928. The maximum atomic E-state index is 12.5. The molecule has 2 aromatic carbocycles. The Morgan fingerprint density at radius 2 is 1.92 bits per heavy atom. The molecule has 1 aliphatic heterocycles. The Morgan fingerprint density at radius 1 is 1.12 bits per heavy atom. The van der Waals surface area contributed by atoms with Crippen molar-refractivity contribution in [1.82, 2.24) is 10.2 Å². The van der Waals surface area contributed by atoms with Gasteiger partial charge in [0.15, 0.2) is 0 Å². The standard InChI is InChI=1S/C18H14BrN3O2S/c19-13-7-3-2-6-12(13)17-21-22-18(24-17)25-15-10-9-11-5-1-4-8-14(11)20-16(15)23/h1-8,15H,9-10H2,(H,20,23)/t15-/m1/s1. The molecule has 25 heavy (non-hydrogen) atoms. The molecule has 0 spiro atoms. The van der Waals surface area contributed by atoms with Gasteiger partial charge in [0.05, 0.1) is 10.8 Å². The molecule has 7 heteroatoms. The lowest BCUT2D eigenvalue weighted by molar-refractivity contribution is -0.115. The molecular formula is C18H14BrN3O2S. The van der Waals surface area contributed by atoms with Crippen LogP contribution in [0.15, 0.2) is 62.6 Å². The van der Waals surface area contributed by atoms with Crippen LogP contribution in [-0.2, 0) is 11.2 Å². The zero-order valence-electron chi connectivity index (χ0n) is 13.1. The van der Waals surface area contributed by atoms with Gasteiger partial charge in [-0.25, -0.2) is 0 Å². The molecule has 126 valence electrons. The van der Waals surface area contributed by atoms with Gasteiger partial charge in [0.25, 0.3) is 5.22 Å². The zero-order chi connectivity index (χ0) is 17.2. The highest BCUT2D eigenvalue weighted by molar-refractivity contribution is 9.10. The second-order valence-corrected chi connectivity index (χ2v) is 7.65. The van der Waals surface area contributed by atoms with Gasteiger partial charge in [-0.15, -0.1) is 10.2 Å². The van der Waals surface area contributed by atoms with Gasteiger partial charge in [0, 0.05) is 10.2 Å². The van der Waals surface area contributed by atoms with Gasteiger partial charge in [-0.05, 0) is 52.5 Å². The number of benzene rings is 2. The average molecular weight is 416 g/mol. The van der Waals surface area contributed by atoms with Crippen molar-refractivity contribution in [2.45, 2.75) is 23.3 Å². The van der Waals surface area contributed by atoms with E-state index in [0.29, 0.717) is 11.1 Å². The van der Waals surface area contributed by atoms with Crippen LogP contribution in [0.5, 0.6) is 0 Å². The highest BCUT2D eigenvalue weighted by Crippen LogP contribution is 2.33. The lowest BCUT2D eigenvalue weighted by Crippen LogP contribution is -2.23. The minimum absolute atomic E-state index is 0.0319. The maximum absolute atomic E-state index is 12.5. The Kier molecular flexibility index (Phi) is 4.59. The second kappa shape index (κ2) is 7.01. The van der Waals surface area contributed by atoms with Crippen LogP contribution in [0.25, 0.3) is 11.5 Å². The number of aryl methyl sites for hydroxylation is 1. The van der Waals surface area contributed by atoms with E-state index in [2.05, 4.69) is 31.4 Å². The van der Waals surface area contributed by atoms with Crippen LogP contribution in [0, 0.1) is 0 Å². The largest absolute Gasteiger partial charge is 0.411 e. The Morgan fingerprint density at radius 3 is 2.80 bits per heavy atom. The van der Waals surface area contributed by atoms with Crippen molar-refractivity contribution in [3.05, 3.63) is 58.6 Å². The third kappa shape index (κ3) is 3.48. The summed E-state index contributed by atoms with van der Waals surface area (Å²) in [5, 5.41) is 11.3. The zero-order valence-corrected chi connectivity index (χ0v) is 15.5. The van der Waals surface area contributed by atoms with E-state index in [1.807, 2.05) is 48.5 Å². The third-order valence-electron chi connectivity index (χ3n) is 4.00. The second-order valence-electron chi connectivity index (χ2n) is 5.64. The lowest BCUT2D eigenvalue weighted by Gasteiger charge is -2.09. The van der Waals surface area contributed by atoms with Crippen LogP contribution in [0.3, 0.4) is 0 Å². The molecule has 1 N–H and O–H groups in total. The summed E-state index contributed by atoms with van der Waals surface area (Å²) in [5.41, 5.74) is 2.87. The summed E-state index contributed by atoms with van der Waals surface area (Å²) in [5.74, 6) is 0.405. The highest BCUT2D eigenvalue weighted by Gasteiger charge is 2.26. The molecule has 0 saturated heterocycles. The van der Waals surface area contributed by atoms with Gasteiger partial charge in [0.2, 0.25) is 11.8 Å². The van der Waals surface area contributed by atoms with E-state index in [9.17, 15) is 4.79 Å². The highest BCUT2D eigenvalue weighted by atomic mass is 79.9. The predicted molar refractivity (Wildman–Crippen MR) is 100 cm³/mol. The van der Waals surface area contributed by atoms with E-state index in [-0.39, 0.29) is 11.2 Å². The topological polar surface area (TPSA) is 68.0 Å². The summed E-state index contributed by atoms with van der Waals surface area (Å²) >= 11 is 4.79. The van der Waals surface area contributed by atoms with Gasteiger partial charge in [-0.1, -0.05) is 42.1 Å². The van der Waals surface area contributed by atoms with E-state index in [0.717, 1.165) is 34.1 Å². The van der Waals surface area contributed by atoms with Crippen molar-refractivity contribution in [3.63, 3.8) is 0 Å². The quantitative estimate of drug-likeness (QED) is 0.679. The van der Waals surface area contributed by atoms with Gasteiger partial charge in [0.1, 0.15) is 0 Å². The molecule has 1 aromatic heterocycles. The molecule has 3 aromatic rings. The van der Waals surface area contributed by atoms with Crippen molar-refractivity contribution in [2.75, 3.05) is 5.32 Å². The molecule has 2 heterocycles. The van der Waals surface area contributed by atoms with E-state index < -0.39 is 0 Å². The van der Waals surface area contributed by atoms with Gasteiger partial charge < -0.3 is 9.73 Å². The van der Waals surface area contributed by atoms with Crippen molar-refractivity contribution < 1.29 is 9.21 Å². The number of halogens is 1. The normalized spacial score (nSPS) is 16.8. The number of fused-ring (bicyclic) bond motifs is 1. The molecule has 0 radical (unpaired) electrons. The third-order valence-corrected chi connectivity index (χ3v) is 5.79. The molecular weight excluding hydrogens is 402 g/mol. The first kappa shape index (κ1) is 16.4. The molecule has 0 bridgehead atoms. The number of nitrogens with one attached hydrogen (secondary N) is 1. The minimum atomic E-state index is -0.264. The number of anilines is 1. The Balaban J connectivity index is 1.52. The number of aromatic nitrogens is 2. The van der Waals surface area contributed by atoms with Crippen LogP contribution < -0.4 is 5.32 Å². The molecule has 0 unspecified atom stereocenters. The summed E-state index contributed by atoms with van der Waals surface area (Å²) in [4.78, 5) is 12.5. The van der Waals surface area contributed by atoms with E-state index in [4.69, 9.17) is 4.42 Å². The number of amides is 1. The Hall–Kier alpha value is -2.12. The van der Waals surface area contributed by atoms with Crippen LogP contribution in [0.1, 0.15) is 12.0 Å². The molecule has 0 saturated carbocycles. The van der Waals surface area contributed by atoms with Gasteiger partial charge in [-0.3, -0.25) is 4.79 Å².